The molecule has 0 saturated carbocycles. The second kappa shape index (κ2) is 12.2. The second-order valence-electron chi connectivity index (χ2n) is 7.96. The van der Waals surface area contributed by atoms with Crippen molar-refractivity contribution in [3.05, 3.63) is 29.3 Å². The minimum Gasteiger partial charge on any atom is -0.388 e. The van der Waals surface area contributed by atoms with E-state index in [1.165, 1.54) is 12.1 Å². The molecule has 0 amide bonds. The molecular formula is C22H38ClNO3S. The Morgan fingerprint density at radius 2 is 1.64 bits per heavy atom. The molecule has 0 aliphatic carbocycles. The molecule has 0 radical (unpaired) electrons. The largest absolute Gasteiger partial charge is 0.388 e. The van der Waals surface area contributed by atoms with Gasteiger partial charge in [0.25, 0.3) is 0 Å². The molecule has 1 rings (SSSR count). The van der Waals surface area contributed by atoms with Crippen LogP contribution in [0.2, 0.25) is 5.02 Å². The van der Waals surface area contributed by atoms with E-state index in [0.29, 0.717) is 17.9 Å². The maximum atomic E-state index is 13.0. The van der Waals surface area contributed by atoms with Crippen LogP contribution >= 0.6 is 11.6 Å². The first kappa shape index (κ1) is 25.4. The molecule has 0 aromatic heterocycles. The summed E-state index contributed by atoms with van der Waals surface area (Å²) in [5.74, 6) is 0.0159. The standard InChI is InChI=1S/C22H38ClNO3S/c1-5-8-10-15-22(25,16-11-9-6-2)21(18(4)7-3)24-28(26,27)20-14-12-13-19(23)17-20/h12-14,17-18,21,24-25H,5-11,15-16H2,1-4H3/t18-,21-/m0/s1. The highest BCUT2D eigenvalue weighted by molar-refractivity contribution is 7.89. The van der Waals surface area contributed by atoms with Gasteiger partial charge in [0, 0.05) is 5.02 Å². The van der Waals surface area contributed by atoms with Crippen molar-refractivity contribution in [1.82, 2.24) is 4.72 Å². The molecule has 28 heavy (non-hydrogen) atoms. The molecule has 1 aromatic rings. The Kier molecular flexibility index (Phi) is 11.0. The lowest BCUT2D eigenvalue weighted by molar-refractivity contribution is -0.0279. The Balaban J connectivity index is 3.18. The number of nitrogens with one attached hydrogen (secondary N) is 1. The molecule has 0 fully saturated rings. The summed E-state index contributed by atoms with van der Waals surface area (Å²) in [6.45, 7) is 8.30. The van der Waals surface area contributed by atoms with Gasteiger partial charge in [-0.05, 0) is 37.0 Å². The average molecular weight is 432 g/mol. The molecule has 0 bridgehead atoms. The van der Waals surface area contributed by atoms with Crippen molar-refractivity contribution in [3.63, 3.8) is 0 Å². The highest BCUT2D eigenvalue weighted by Crippen LogP contribution is 2.32. The van der Waals surface area contributed by atoms with Crippen LogP contribution in [0.4, 0.5) is 0 Å². The van der Waals surface area contributed by atoms with Gasteiger partial charge in [-0.3, -0.25) is 0 Å². The fourth-order valence-corrected chi connectivity index (χ4v) is 5.38. The Hall–Kier alpha value is -0.620. The maximum Gasteiger partial charge on any atom is 0.240 e. The first-order valence-electron chi connectivity index (χ1n) is 10.7. The summed E-state index contributed by atoms with van der Waals surface area (Å²) >= 11 is 5.99. The van der Waals surface area contributed by atoms with Crippen LogP contribution in [0.3, 0.4) is 0 Å². The van der Waals surface area contributed by atoms with E-state index in [9.17, 15) is 13.5 Å². The highest BCUT2D eigenvalue weighted by Gasteiger charge is 2.41. The Morgan fingerprint density at radius 1 is 1.07 bits per heavy atom. The number of benzene rings is 1. The van der Waals surface area contributed by atoms with Gasteiger partial charge in [-0.25, -0.2) is 13.1 Å². The van der Waals surface area contributed by atoms with Gasteiger partial charge >= 0.3 is 0 Å². The number of sulfonamides is 1. The van der Waals surface area contributed by atoms with Crippen LogP contribution in [-0.4, -0.2) is 25.2 Å². The summed E-state index contributed by atoms with van der Waals surface area (Å²) < 4.78 is 28.9. The third kappa shape index (κ3) is 7.66. The molecule has 0 spiro atoms. The van der Waals surface area contributed by atoms with Crippen LogP contribution in [0.5, 0.6) is 0 Å². The second-order valence-corrected chi connectivity index (χ2v) is 10.1. The zero-order valence-electron chi connectivity index (χ0n) is 17.9. The quantitative estimate of drug-likeness (QED) is 0.359. The number of hydrogen-bond acceptors (Lipinski definition) is 3. The molecule has 2 atom stereocenters. The summed E-state index contributed by atoms with van der Waals surface area (Å²) in [5.41, 5.74) is -1.05. The number of hydrogen-bond donors (Lipinski definition) is 2. The Bertz CT molecular complexity index is 668. The van der Waals surface area contributed by atoms with Gasteiger partial charge in [0.05, 0.1) is 16.5 Å². The lowest BCUT2D eigenvalue weighted by atomic mass is 9.78. The number of rotatable bonds is 14. The third-order valence-corrected chi connectivity index (χ3v) is 7.28. The normalized spacial score (nSPS) is 14.8. The zero-order valence-corrected chi connectivity index (χ0v) is 19.5. The zero-order chi connectivity index (χ0) is 21.2. The summed E-state index contributed by atoms with van der Waals surface area (Å²) in [4.78, 5) is 0.137. The smallest absolute Gasteiger partial charge is 0.240 e. The van der Waals surface area contributed by atoms with E-state index in [2.05, 4.69) is 18.6 Å². The molecule has 0 aliphatic heterocycles. The summed E-state index contributed by atoms with van der Waals surface area (Å²) in [5, 5.41) is 12.0. The van der Waals surface area contributed by atoms with Gasteiger partial charge in [0.15, 0.2) is 0 Å². The SMILES string of the molecule is CCCCCC(O)(CCCCC)[C@@H](NS(=O)(=O)c1cccc(Cl)c1)[C@@H](C)CC. The molecule has 1 aromatic carbocycles. The van der Waals surface area contributed by atoms with E-state index in [4.69, 9.17) is 11.6 Å². The molecule has 0 heterocycles. The minimum absolute atomic E-state index is 0.0159. The van der Waals surface area contributed by atoms with Crippen molar-refractivity contribution >= 4 is 21.6 Å². The van der Waals surface area contributed by atoms with Crippen LogP contribution < -0.4 is 4.72 Å². The lowest BCUT2D eigenvalue weighted by Crippen LogP contribution is -2.56. The predicted octanol–water partition coefficient (Wildman–Crippen LogP) is 5.92. The van der Waals surface area contributed by atoms with Crippen molar-refractivity contribution in [3.8, 4) is 0 Å². The van der Waals surface area contributed by atoms with Gasteiger partial charge in [0.2, 0.25) is 10.0 Å². The fraction of sp³-hybridized carbons (Fsp3) is 0.727. The minimum atomic E-state index is -3.78. The predicted molar refractivity (Wildman–Crippen MR) is 118 cm³/mol. The first-order chi connectivity index (χ1) is 13.2. The first-order valence-corrected chi connectivity index (χ1v) is 12.6. The molecule has 4 nitrogen and oxygen atoms in total. The molecule has 0 unspecified atom stereocenters. The number of aliphatic hydroxyl groups is 1. The van der Waals surface area contributed by atoms with Crippen molar-refractivity contribution in [2.24, 2.45) is 5.92 Å². The van der Waals surface area contributed by atoms with Crippen LogP contribution in [0.25, 0.3) is 0 Å². The van der Waals surface area contributed by atoms with Crippen LogP contribution in [-0.2, 0) is 10.0 Å². The number of unbranched alkanes of at least 4 members (excludes halogenated alkanes) is 4. The summed E-state index contributed by atoms with van der Waals surface area (Å²) in [7, 11) is -3.78. The van der Waals surface area contributed by atoms with Crippen LogP contribution in [0, 0.1) is 5.92 Å². The molecule has 0 aliphatic rings. The summed E-state index contributed by atoms with van der Waals surface area (Å²) in [6, 6.07) is 5.73. The lowest BCUT2D eigenvalue weighted by Gasteiger charge is -2.40. The molecular weight excluding hydrogens is 394 g/mol. The Morgan fingerprint density at radius 3 is 2.11 bits per heavy atom. The van der Waals surface area contributed by atoms with Crippen molar-refractivity contribution in [1.29, 1.82) is 0 Å². The van der Waals surface area contributed by atoms with E-state index in [-0.39, 0.29) is 10.8 Å². The summed E-state index contributed by atoms with van der Waals surface area (Å²) in [6.07, 6.45) is 7.98. The van der Waals surface area contributed by atoms with E-state index < -0.39 is 21.7 Å². The van der Waals surface area contributed by atoms with Gasteiger partial charge in [-0.1, -0.05) is 90.3 Å². The van der Waals surface area contributed by atoms with Crippen molar-refractivity contribution < 1.29 is 13.5 Å². The third-order valence-electron chi connectivity index (χ3n) is 5.61. The van der Waals surface area contributed by atoms with E-state index in [0.717, 1.165) is 44.9 Å². The van der Waals surface area contributed by atoms with Crippen LogP contribution in [0.15, 0.2) is 29.2 Å². The fourth-order valence-electron chi connectivity index (χ4n) is 3.66. The van der Waals surface area contributed by atoms with Crippen molar-refractivity contribution in [2.45, 2.75) is 102 Å². The molecule has 2 N–H and O–H groups in total. The Labute approximate surface area is 177 Å². The van der Waals surface area contributed by atoms with Gasteiger partial charge in [-0.15, -0.1) is 0 Å². The monoisotopic (exact) mass is 431 g/mol. The molecule has 162 valence electrons. The highest BCUT2D eigenvalue weighted by atomic mass is 35.5. The van der Waals surface area contributed by atoms with E-state index in [1.807, 2.05) is 13.8 Å². The van der Waals surface area contributed by atoms with Gasteiger partial charge in [-0.2, -0.15) is 0 Å². The van der Waals surface area contributed by atoms with Crippen LogP contribution in [0.1, 0.15) is 85.5 Å². The molecule has 6 heteroatoms. The van der Waals surface area contributed by atoms with E-state index in [1.54, 1.807) is 12.1 Å². The van der Waals surface area contributed by atoms with Gasteiger partial charge < -0.3 is 5.11 Å². The maximum absolute atomic E-state index is 13.0. The molecule has 0 saturated heterocycles. The van der Waals surface area contributed by atoms with Crippen molar-refractivity contribution in [2.75, 3.05) is 0 Å². The van der Waals surface area contributed by atoms with E-state index >= 15 is 0 Å². The average Bonchev–Trinajstić information content (AvgIpc) is 2.66. The van der Waals surface area contributed by atoms with Gasteiger partial charge in [0.1, 0.15) is 0 Å². The topological polar surface area (TPSA) is 66.4 Å². The number of halogens is 1.